The number of allylic oxidation sites excluding steroid dienone is 1. The van der Waals surface area contributed by atoms with Crippen LogP contribution in [0.25, 0.3) is 0 Å². The molecule has 1 aliphatic rings. The fourth-order valence-corrected chi connectivity index (χ4v) is 3.70. The second-order valence-corrected chi connectivity index (χ2v) is 8.25. The molecule has 32 heavy (non-hydrogen) atoms. The number of aliphatic carboxylic acids is 1. The monoisotopic (exact) mass is 451 g/mol. The summed E-state index contributed by atoms with van der Waals surface area (Å²) in [5.41, 5.74) is 6.46. The number of ether oxygens (including phenoxy) is 2. The highest BCUT2D eigenvalue weighted by molar-refractivity contribution is 8.06. The maximum absolute atomic E-state index is 12.4. The molecule has 1 atom stereocenters. The van der Waals surface area contributed by atoms with E-state index in [0.717, 1.165) is 4.91 Å². The number of nitrogens with two attached hydrogens (primary N) is 1. The summed E-state index contributed by atoms with van der Waals surface area (Å²) in [6.07, 6.45) is 1.77. The predicted molar refractivity (Wildman–Crippen MR) is 120 cm³/mol. The van der Waals surface area contributed by atoms with Gasteiger partial charge in [0.2, 0.25) is 0 Å². The molecule has 0 aliphatic carbocycles. The fourth-order valence-electron chi connectivity index (χ4n) is 3.10. The zero-order valence-corrected chi connectivity index (χ0v) is 18.1. The van der Waals surface area contributed by atoms with Crippen LogP contribution in [0.4, 0.5) is 0 Å². The topological polar surface area (TPSA) is 135 Å². The number of nitrogens with one attached hydrogen (secondary N) is 1. The van der Waals surface area contributed by atoms with E-state index in [1.807, 2.05) is 6.07 Å². The Bertz CT molecular complexity index is 1140. The molecule has 2 aromatic rings. The van der Waals surface area contributed by atoms with Crippen LogP contribution in [0.5, 0.6) is 17.2 Å². The first-order valence-electron chi connectivity index (χ1n) is 9.60. The summed E-state index contributed by atoms with van der Waals surface area (Å²) in [4.78, 5) is 24.7. The molecule has 0 bridgehead atoms. The first kappa shape index (κ1) is 22.8. The van der Waals surface area contributed by atoms with Gasteiger partial charge in [-0.2, -0.15) is 5.26 Å². The second-order valence-electron chi connectivity index (χ2n) is 6.91. The summed E-state index contributed by atoms with van der Waals surface area (Å²) >= 11 is 1.25. The average Bonchev–Trinajstić information content (AvgIpc) is 2.78. The first-order chi connectivity index (χ1) is 15.3. The molecular weight excluding hydrogens is 430 g/mol. The van der Waals surface area contributed by atoms with Crippen molar-refractivity contribution in [3.05, 3.63) is 75.8 Å². The molecule has 3 rings (SSSR count). The highest BCUT2D eigenvalue weighted by Crippen LogP contribution is 2.39. The van der Waals surface area contributed by atoms with Crippen molar-refractivity contribution in [2.45, 2.75) is 19.3 Å². The molecule has 1 unspecified atom stereocenters. The van der Waals surface area contributed by atoms with Crippen LogP contribution in [-0.2, 0) is 4.79 Å². The van der Waals surface area contributed by atoms with Crippen LogP contribution < -0.4 is 20.5 Å². The number of fused-ring (bicyclic) bond motifs is 1. The van der Waals surface area contributed by atoms with E-state index >= 15 is 0 Å². The minimum Gasteiger partial charge on any atom is -0.493 e. The Balaban J connectivity index is 1.76. The Hall–Kier alpha value is -3.90. The van der Waals surface area contributed by atoms with E-state index in [9.17, 15) is 20.0 Å². The number of amides is 1. The van der Waals surface area contributed by atoms with Gasteiger partial charge in [-0.05, 0) is 43.7 Å². The van der Waals surface area contributed by atoms with E-state index < -0.39 is 11.9 Å². The zero-order chi connectivity index (χ0) is 23.3. The standard InChI is InChI=1S/C23H21N3O5S/c1-13(11-24)32-14(2)26-22(27)15-3-5-17(6-4-15)31-20-10-21-19(9-16(20)12-25)18(23(28)29)7-8-30-21/h3-6,9-11,18H,2,7-8,24H2,1H3,(H,26,27)(H,28,29)/b13-11-. The number of benzene rings is 2. The van der Waals surface area contributed by atoms with Crippen molar-refractivity contribution in [3.8, 4) is 23.3 Å². The van der Waals surface area contributed by atoms with Crippen molar-refractivity contribution in [2.24, 2.45) is 5.73 Å². The summed E-state index contributed by atoms with van der Waals surface area (Å²) in [6, 6.07) is 11.4. The lowest BCUT2D eigenvalue weighted by molar-refractivity contribution is -0.139. The quantitative estimate of drug-likeness (QED) is 0.574. The lowest BCUT2D eigenvalue weighted by atomic mass is 9.91. The highest BCUT2D eigenvalue weighted by atomic mass is 32.2. The molecule has 0 aromatic heterocycles. The fraction of sp³-hybridized carbons (Fsp3) is 0.174. The average molecular weight is 452 g/mol. The second kappa shape index (κ2) is 9.94. The van der Waals surface area contributed by atoms with E-state index in [4.69, 9.17) is 15.2 Å². The SMILES string of the molecule is C=C(NC(=O)c1ccc(Oc2cc3c(cc2C#N)C(C(=O)O)CCO3)cc1)S/C(C)=C\N. The van der Waals surface area contributed by atoms with E-state index in [2.05, 4.69) is 11.9 Å². The van der Waals surface area contributed by atoms with Crippen molar-refractivity contribution in [1.29, 1.82) is 5.26 Å². The molecule has 0 saturated heterocycles. The third kappa shape index (κ3) is 5.22. The summed E-state index contributed by atoms with van der Waals surface area (Å²) in [5, 5.41) is 22.1. The summed E-state index contributed by atoms with van der Waals surface area (Å²) < 4.78 is 11.4. The van der Waals surface area contributed by atoms with Crippen molar-refractivity contribution >= 4 is 23.6 Å². The predicted octanol–water partition coefficient (Wildman–Crippen LogP) is 4.06. The lowest BCUT2D eigenvalue weighted by Gasteiger charge is -2.24. The molecule has 1 aliphatic heterocycles. The van der Waals surface area contributed by atoms with Gasteiger partial charge in [-0.15, -0.1) is 0 Å². The largest absolute Gasteiger partial charge is 0.493 e. The number of carboxylic acid groups (broad SMARTS) is 1. The van der Waals surface area contributed by atoms with Crippen LogP contribution in [0.2, 0.25) is 0 Å². The summed E-state index contributed by atoms with van der Waals surface area (Å²) in [6.45, 7) is 5.85. The van der Waals surface area contributed by atoms with E-state index in [-0.39, 0.29) is 23.8 Å². The first-order valence-corrected chi connectivity index (χ1v) is 10.4. The van der Waals surface area contributed by atoms with Gasteiger partial charge in [0, 0.05) is 28.3 Å². The number of carbonyl (C=O) groups excluding carboxylic acids is 1. The normalized spacial score (nSPS) is 15.0. The molecule has 0 saturated carbocycles. The molecule has 0 fully saturated rings. The van der Waals surface area contributed by atoms with Gasteiger partial charge in [-0.3, -0.25) is 9.59 Å². The number of thioether (sulfide) groups is 1. The smallest absolute Gasteiger partial charge is 0.311 e. The summed E-state index contributed by atoms with van der Waals surface area (Å²) in [5.74, 6) is -1.00. The molecule has 1 amide bonds. The van der Waals surface area contributed by atoms with Gasteiger partial charge in [0.25, 0.3) is 5.91 Å². The van der Waals surface area contributed by atoms with Gasteiger partial charge in [-0.25, -0.2) is 0 Å². The molecule has 9 heteroatoms. The number of hydrogen-bond donors (Lipinski definition) is 3. The maximum Gasteiger partial charge on any atom is 0.311 e. The van der Waals surface area contributed by atoms with Gasteiger partial charge < -0.3 is 25.6 Å². The van der Waals surface area contributed by atoms with Crippen molar-refractivity contribution in [1.82, 2.24) is 5.32 Å². The number of carbonyl (C=O) groups is 2. The van der Waals surface area contributed by atoms with Crippen molar-refractivity contribution < 1.29 is 24.2 Å². The Labute approximate surface area is 189 Å². The Morgan fingerprint density at radius 2 is 2.09 bits per heavy atom. The van der Waals surface area contributed by atoms with Crippen LogP contribution in [0.1, 0.15) is 40.7 Å². The lowest BCUT2D eigenvalue weighted by Crippen LogP contribution is -2.21. The number of rotatable bonds is 7. The minimum absolute atomic E-state index is 0.193. The number of nitrogens with zero attached hydrogens (tertiary/aromatic N) is 1. The third-order valence-electron chi connectivity index (χ3n) is 4.69. The van der Waals surface area contributed by atoms with Gasteiger partial charge in [0.05, 0.1) is 23.1 Å². The molecular formula is C23H21N3O5S. The van der Waals surface area contributed by atoms with Crippen LogP contribution in [0, 0.1) is 11.3 Å². The zero-order valence-electron chi connectivity index (χ0n) is 17.3. The van der Waals surface area contributed by atoms with Crippen molar-refractivity contribution in [3.63, 3.8) is 0 Å². The highest BCUT2D eigenvalue weighted by Gasteiger charge is 2.29. The van der Waals surface area contributed by atoms with E-state index in [1.54, 1.807) is 31.2 Å². The minimum atomic E-state index is -0.962. The van der Waals surface area contributed by atoms with Gasteiger partial charge in [0.15, 0.2) is 0 Å². The Kier molecular flexibility index (Phi) is 7.07. The molecule has 2 aromatic carbocycles. The van der Waals surface area contributed by atoms with Crippen LogP contribution in [0.15, 0.2) is 59.1 Å². The number of carboxylic acids is 1. The number of nitriles is 1. The Morgan fingerprint density at radius 1 is 1.38 bits per heavy atom. The number of hydrogen-bond acceptors (Lipinski definition) is 7. The van der Waals surface area contributed by atoms with Crippen molar-refractivity contribution in [2.75, 3.05) is 6.61 Å². The van der Waals surface area contributed by atoms with Crippen LogP contribution in [-0.4, -0.2) is 23.6 Å². The molecule has 0 spiro atoms. The van der Waals surface area contributed by atoms with Crippen LogP contribution >= 0.6 is 11.8 Å². The maximum atomic E-state index is 12.4. The van der Waals surface area contributed by atoms with Gasteiger partial charge in [-0.1, -0.05) is 18.3 Å². The molecule has 4 N–H and O–H groups in total. The van der Waals surface area contributed by atoms with E-state index in [1.165, 1.54) is 30.1 Å². The molecule has 164 valence electrons. The van der Waals surface area contributed by atoms with Crippen LogP contribution in [0.3, 0.4) is 0 Å². The third-order valence-corrected chi connectivity index (χ3v) is 5.49. The summed E-state index contributed by atoms with van der Waals surface area (Å²) in [7, 11) is 0. The molecule has 8 nitrogen and oxygen atoms in total. The molecule has 0 radical (unpaired) electrons. The molecule has 1 heterocycles. The van der Waals surface area contributed by atoms with Gasteiger partial charge >= 0.3 is 5.97 Å². The Morgan fingerprint density at radius 3 is 2.72 bits per heavy atom. The van der Waals surface area contributed by atoms with Gasteiger partial charge in [0.1, 0.15) is 23.3 Å². The van der Waals surface area contributed by atoms with E-state index in [0.29, 0.717) is 34.1 Å².